The van der Waals surface area contributed by atoms with Gasteiger partial charge in [-0.2, -0.15) is 5.10 Å². The highest BCUT2D eigenvalue weighted by Crippen LogP contribution is 2.30. The lowest BCUT2D eigenvalue weighted by atomic mass is 9.92. The number of rotatable bonds is 12. The number of hydrogen-bond acceptors (Lipinski definition) is 4. The van der Waals surface area contributed by atoms with Crippen LogP contribution < -0.4 is 5.32 Å². The topological polar surface area (TPSA) is 70.4 Å². The maximum Gasteiger partial charge on any atom is 0.335 e. The van der Waals surface area contributed by atoms with E-state index in [1.54, 1.807) is 12.1 Å². The molecule has 41 heavy (non-hydrogen) atoms. The minimum atomic E-state index is -0.894. The van der Waals surface area contributed by atoms with Gasteiger partial charge in [-0.1, -0.05) is 72.8 Å². The van der Waals surface area contributed by atoms with Crippen molar-refractivity contribution >= 4 is 5.97 Å². The number of carboxylic acids is 1. The fourth-order valence-electron chi connectivity index (χ4n) is 6.07. The van der Waals surface area contributed by atoms with E-state index in [1.807, 2.05) is 12.1 Å². The zero-order valence-corrected chi connectivity index (χ0v) is 24.2. The van der Waals surface area contributed by atoms with E-state index in [9.17, 15) is 9.90 Å². The van der Waals surface area contributed by atoms with Gasteiger partial charge in [0.05, 0.1) is 11.3 Å². The maximum atomic E-state index is 11.3. The smallest absolute Gasteiger partial charge is 0.335 e. The highest BCUT2D eigenvalue weighted by molar-refractivity contribution is 5.87. The molecular weight excluding hydrogens is 508 g/mol. The van der Waals surface area contributed by atoms with E-state index in [0.717, 1.165) is 57.4 Å². The van der Waals surface area contributed by atoms with Gasteiger partial charge in [0.1, 0.15) is 0 Å². The molecule has 1 unspecified atom stereocenters. The maximum absolute atomic E-state index is 11.3. The van der Waals surface area contributed by atoms with Crippen LogP contribution in [0.2, 0.25) is 0 Å². The normalized spacial score (nSPS) is 16.0. The summed E-state index contributed by atoms with van der Waals surface area (Å²) < 4.78 is 2.22. The summed E-state index contributed by atoms with van der Waals surface area (Å²) in [6, 6.07) is 31.1. The molecular formula is C35H42N4O2. The second kappa shape index (κ2) is 13.7. The second-order valence-electron chi connectivity index (χ2n) is 11.2. The third-order valence-corrected chi connectivity index (χ3v) is 8.44. The number of likely N-dealkylation sites (tertiary alicyclic amines) is 1. The van der Waals surface area contributed by atoms with E-state index in [2.05, 4.69) is 95.5 Å². The first-order chi connectivity index (χ1) is 20.0. The molecule has 0 radical (unpaired) electrons. The molecule has 2 N–H and O–H groups in total. The Balaban J connectivity index is 1.18. The second-order valence-corrected chi connectivity index (χ2v) is 11.2. The molecule has 6 nitrogen and oxygen atoms in total. The van der Waals surface area contributed by atoms with Crippen molar-refractivity contribution in [3.63, 3.8) is 0 Å². The first-order valence-electron chi connectivity index (χ1n) is 15.0. The number of hydrogen-bond donors (Lipinski definition) is 2. The van der Waals surface area contributed by atoms with Gasteiger partial charge in [0, 0.05) is 36.7 Å². The van der Waals surface area contributed by atoms with Crippen LogP contribution in [-0.2, 0) is 13.0 Å². The number of carbonyl (C=O) groups is 1. The van der Waals surface area contributed by atoms with Gasteiger partial charge < -0.3 is 15.3 Å². The van der Waals surface area contributed by atoms with Gasteiger partial charge in [-0.25, -0.2) is 4.79 Å². The van der Waals surface area contributed by atoms with E-state index in [-0.39, 0.29) is 12.1 Å². The predicted molar refractivity (Wildman–Crippen MR) is 164 cm³/mol. The number of aryl methyl sites for hydroxylation is 1. The monoisotopic (exact) mass is 550 g/mol. The molecule has 214 valence electrons. The molecule has 1 aromatic heterocycles. The number of nitrogens with one attached hydrogen (secondary N) is 1. The van der Waals surface area contributed by atoms with E-state index >= 15 is 0 Å². The predicted octanol–water partition coefficient (Wildman–Crippen LogP) is 6.85. The number of benzene rings is 3. The number of piperidine rings is 1. The molecule has 1 saturated heterocycles. The molecule has 5 rings (SSSR count). The molecule has 6 heteroatoms. The number of nitrogens with zero attached hydrogens (tertiary/aromatic N) is 3. The van der Waals surface area contributed by atoms with E-state index < -0.39 is 5.97 Å². The van der Waals surface area contributed by atoms with Crippen LogP contribution in [0.1, 0.15) is 89.5 Å². The van der Waals surface area contributed by atoms with Crippen LogP contribution in [0.5, 0.6) is 0 Å². The molecule has 2 atom stereocenters. The largest absolute Gasteiger partial charge is 0.478 e. The molecule has 0 saturated carbocycles. The summed E-state index contributed by atoms with van der Waals surface area (Å²) in [6.45, 7) is 8.49. The summed E-state index contributed by atoms with van der Waals surface area (Å²) in [5.74, 6) is -0.338. The Morgan fingerprint density at radius 3 is 2.24 bits per heavy atom. The van der Waals surface area contributed by atoms with E-state index in [4.69, 9.17) is 5.10 Å². The fourth-order valence-corrected chi connectivity index (χ4v) is 6.07. The van der Waals surface area contributed by atoms with Gasteiger partial charge in [-0.05, 0) is 87.6 Å². The van der Waals surface area contributed by atoms with Crippen LogP contribution >= 0.6 is 0 Å². The van der Waals surface area contributed by atoms with Gasteiger partial charge in [-0.15, -0.1) is 0 Å². The molecule has 0 bridgehead atoms. The molecule has 1 fully saturated rings. The summed E-state index contributed by atoms with van der Waals surface area (Å²) in [5.41, 5.74) is 6.56. The highest BCUT2D eigenvalue weighted by atomic mass is 16.4. The SMILES string of the molecule is CCn1nc(Cc2ccccc2)cc1C1CCN(CC[C@H](NC(C)c2ccc(C(=O)O)cc2)c2ccccc2)CC1. The lowest BCUT2D eigenvalue weighted by Gasteiger charge is -2.33. The summed E-state index contributed by atoms with van der Waals surface area (Å²) in [7, 11) is 0. The zero-order valence-electron chi connectivity index (χ0n) is 24.2. The Morgan fingerprint density at radius 1 is 0.951 bits per heavy atom. The molecule has 2 heterocycles. The van der Waals surface area contributed by atoms with Gasteiger partial charge >= 0.3 is 5.97 Å². The minimum Gasteiger partial charge on any atom is -0.478 e. The van der Waals surface area contributed by atoms with Crippen LogP contribution in [0, 0.1) is 0 Å². The lowest BCUT2D eigenvalue weighted by Crippen LogP contribution is -2.36. The molecule has 0 spiro atoms. The van der Waals surface area contributed by atoms with Crippen molar-refractivity contribution in [2.24, 2.45) is 0 Å². The summed E-state index contributed by atoms with van der Waals surface area (Å²) in [4.78, 5) is 13.9. The Kier molecular flexibility index (Phi) is 9.65. The van der Waals surface area contributed by atoms with Crippen LogP contribution in [0.3, 0.4) is 0 Å². The van der Waals surface area contributed by atoms with Crippen molar-refractivity contribution in [3.8, 4) is 0 Å². The molecule has 1 aliphatic heterocycles. The van der Waals surface area contributed by atoms with Crippen molar-refractivity contribution in [2.45, 2.75) is 64.1 Å². The summed E-state index contributed by atoms with van der Waals surface area (Å²) in [5, 5.41) is 18.0. The van der Waals surface area contributed by atoms with Crippen molar-refractivity contribution in [2.75, 3.05) is 19.6 Å². The van der Waals surface area contributed by atoms with Crippen LogP contribution in [-0.4, -0.2) is 45.4 Å². The lowest BCUT2D eigenvalue weighted by molar-refractivity contribution is 0.0697. The summed E-state index contributed by atoms with van der Waals surface area (Å²) >= 11 is 0. The average Bonchev–Trinajstić information content (AvgIpc) is 3.43. The first-order valence-corrected chi connectivity index (χ1v) is 15.0. The van der Waals surface area contributed by atoms with Gasteiger partial charge in [0.25, 0.3) is 0 Å². The van der Waals surface area contributed by atoms with Gasteiger partial charge in [0.15, 0.2) is 0 Å². The summed E-state index contributed by atoms with van der Waals surface area (Å²) in [6.07, 6.45) is 4.22. The fraction of sp³-hybridized carbons (Fsp3) is 0.371. The van der Waals surface area contributed by atoms with Crippen LogP contribution in [0.15, 0.2) is 91.0 Å². The van der Waals surface area contributed by atoms with Crippen molar-refractivity contribution < 1.29 is 9.90 Å². The minimum absolute atomic E-state index is 0.105. The average molecular weight is 551 g/mol. The quantitative estimate of drug-likeness (QED) is 0.202. The number of aromatic carboxylic acids is 1. The van der Waals surface area contributed by atoms with Crippen molar-refractivity contribution in [3.05, 3.63) is 125 Å². The number of carboxylic acid groups (broad SMARTS) is 1. The molecule has 0 amide bonds. The zero-order chi connectivity index (χ0) is 28.6. The van der Waals surface area contributed by atoms with Gasteiger partial charge in [-0.3, -0.25) is 4.68 Å². The standard InChI is InChI=1S/C35H42N4O2/c1-3-39-34(25-32(37-39)24-27-10-6-4-7-11-27)30-18-21-38(22-19-30)23-20-33(29-12-8-5-9-13-29)36-26(2)28-14-16-31(17-15-28)35(40)41/h4-17,25-26,30,33,36H,3,18-24H2,1-2H3,(H,40,41)/t26?,33-/m0/s1. The van der Waals surface area contributed by atoms with Crippen LogP contribution in [0.4, 0.5) is 0 Å². The Morgan fingerprint density at radius 2 is 1.61 bits per heavy atom. The Bertz CT molecular complexity index is 1380. The van der Waals surface area contributed by atoms with E-state index in [1.165, 1.54) is 22.5 Å². The number of aromatic nitrogens is 2. The van der Waals surface area contributed by atoms with Gasteiger partial charge in [0.2, 0.25) is 0 Å². The third-order valence-electron chi connectivity index (χ3n) is 8.44. The Hall–Kier alpha value is -3.74. The van der Waals surface area contributed by atoms with Crippen LogP contribution in [0.25, 0.3) is 0 Å². The molecule has 3 aromatic carbocycles. The third kappa shape index (κ3) is 7.51. The molecule has 1 aliphatic rings. The highest BCUT2D eigenvalue weighted by Gasteiger charge is 2.25. The van der Waals surface area contributed by atoms with Crippen molar-refractivity contribution in [1.82, 2.24) is 20.0 Å². The molecule has 0 aliphatic carbocycles. The molecule has 4 aromatic rings. The van der Waals surface area contributed by atoms with E-state index in [0.29, 0.717) is 11.5 Å². The van der Waals surface area contributed by atoms with Crippen molar-refractivity contribution in [1.29, 1.82) is 0 Å². The first kappa shape index (κ1) is 28.8. The Labute approximate surface area is 244 Å².